The molecular formula is C20H20N4O2S. The summed E-state index contributed by atoms with van der Waals surface area (Å²) in [6, 6.07) is 17.8. The molecule has 1 N–H and O–H groups in total. The third-order valence-corrected chi connectivity index (χ3v) is 4.63. The first kappa shape index (κ1) is 17.6. The Labute approximate surface area is 162 Å². The van der Waals surface area contributed by atoms with Crippen LogP contribution in [0.25, 0.3) is 0 Å². The molecule has 0 aliphatic carbocycles. The van der Waals surface area contributed by atoms with Gasteiger partial charge in [0.25, 0.3) is 0 Å². The van der Waals surface area contributed by atoms with E-state index < -0.39 is 0 Å². The highest BCUT2D eigenvalue weighted by atomic mass is 32.1. The van der Waals surface area contributed by atoms with Crippen molar-refractivity contribution >= 4 is 18.4 Å². The minimum absolute atomic E-state index is 0.0697. The molecule has 1 aliphatic heterocycles. The highest BCUT2D eigenvalue weighted by molar-refractivity contribution is 7.71. The van der Waals surface area contributed by atoms with Crippen molar-refractivity contribution in [2.24, 2.45) is 5.10 Å². The van der Waals surface area contributed by atoms with Crippen LogP contribution in [-0.2, 0) is 11.3 Å². The van der Waals surface area contributed by atoms with Gasteiger partial charge in [-0.2, -0.15) is 14.9 Å². The van der Waals surface area contributed by atoms with Crippen LogP contribution in [0.15, 0.2) is 59.7 Å². The second-order valence-corrected chi connectivity index (χ2v) is 6.64. The molecule has 1 fully saturated rings. The molecule has 0 spiro atoms. The van der Waals surface area contributed by atoms with Gasteiger partial charge in [-0.1, -0.05) is 42.5 Å². The van der Waals surface area contributed by atoms with Crippen LogP contribution >= 0.6 is 12.2 Å². The van der Waals surface area contributed by atoms with Gasteiger partial charge in [-0.05, 0) is 42.8 Å². The number of ether oxygens (including phenoxy) is 2. The lowest BCUT2D eigenvalue weighted by atomic mass is 10.2. The number of rotatable bonds is 6. The molecule has 0 amide bonds. The zero-order valence-corrected chi connectivity index (χ0v) is 15.6. The molecule has 1 atom stereocenters. The van der Waals surface area contributed by atoms with Crippen molar-refractivity contribution in [3.05, 3.63) is 76.3 Å². The van der Waals surface area contributed by atoms with Crippen molar-refractivity contribution in [3.8, 4) is 5.75 Å². The van der Waals surface area contributed by atoms with Crippen molar-refractivity contribution in [3.63, 3.8) is 0 Å². The van der Waals surface area contributed by atoms with Gasteiger partial charge in [0.1, 0.15) is 18.5 Å². The van der Waals surface area contributed by atoms with E-state index in [9.17, 15) is 0 Å². The number of hydrogen-bond acceptors (Lipinski definition) is 5. The van der Waals surface area contributed by atoms with Gasteiger partial charge >= 0.3 is 0 Å². The molecule has 1 saturated heterocycles. The quantitative estimate of drug-likeness (QED) is 0.513. The SMILES string of the molecule is S=c1[nH]nc([C@@H]2CCCO2)n1/N=C\c1ccccc1OCc1ccccc1. The number of nitrogens with one attached hydrogen (secondary N) is 1. The number of aromatic nitrogens is 3. The second kappa shape index (κ2) is 8.28. The fourth-order valence-electron chi connectivity index (χ4n) is 2.98. The fourth-order valence-corrected chi connectivity index (χ4v) is 3.17. The zero-order valence-electron chi connectivity index (χ0n) is 14.7. The van der Waals surface area contributed by atoms with Crippen LogP contribution in [-0.4, -0.2) is 27.7 Å². The number of benzene rings is 2. The summed E-state index contributed by atoms with van der Waals surface area (Å²) in [5, 5.41) is 11.6. The summed E-state index contributed by atoms with van der Waals surface area (Å²) < 4.78 is 13.8. The first-order valence-corrected chi connectivity index (χ1v) is 9.31. The highest BCUT2D eigenvalue weighted by Gasteiger charge is 2.23. The van der Waals surface area contributed by atoms with Crippen molar-refractivity contribution in [1.29, 1.82) is 0 Å². The van der Waals surface area contributed by atoms with Crippen LogP contribution in [0.1, 0.15) is 35.9 Å². The van der Waals surface area contributed by atoms with E-state index in [1.807, 2.05) is 54.6 Å². The third-order valence-electron chi connectivity index (χ3n) is 4.36. The Kier molecular flexibility index (Phi) is 5.41. The summed E-state index contributed by atoms with van der Waals surface area (Å²) >= 11 is 5.32. The Hall–Kier alpha value is -2.77. The normalized spacial score (nSPS) is 16.8. The molecular weight excluding hydrogens is 360 g/mol. The third kappa shape index (κ3) is 4.15. The molecule has 2 aromatic carbocycles. The standard InChI is InChI=1S/C20H20N4O2S/c27-20-23-22-19(18-11-6-12-25-18)24(20)21-13-16-9-4-5-10-17(16)26-14-15-7-2-1-3-8-15/h1-5,7-10,13,18H,6,11-12,14H2,(H,23,27)/b21-13-/t18-/m0/s1. The minimum atomic E-state index is -0.0697. The molecule has 0 bridgehead atoms. The maximum Gasteiger partial charge on any atom is 0.216 e. The van der Waals surface area contributed by atoms with E-state index >= 15 is 0 Å². The van der Waals surface area contributed by atoms with Gasteiger partial charge in [0.05, 0.1) is 6.21 Å². The van der Waals surface area contributed by atoms with Crippen LogP contribution in [0.4, 0.5) is 0 Å². The molecule has 1 aromatic heterocycles. The predicted octanol–water partition coefficient (Wildman–Crippen LogP) is 4.25. The van der Waals surface area contributed by atoms with Gasteiger partial charge in [-0.15, -0.1) is 0 Å². The average Bonchev–Trinajstić information content (AvgIpc) is 3.36. The number of para-hydroxylation sites is 1. The molecule has 0 saturated carbocycles. The molecule has 7 heteroatoms. The molecule has 2 heterocycles. The summed E-state index contributed by atoms with van der Waals surface area (Å²) in [5.41, 5.74) is 1.98. The topological polar surface area (TPSA) is 64.4 Å². The van der Waals surface area contributed by atoms with Gasteiger partial charge in [0, 0.05) is 12.2 Å². The molecule has 27 heavy (non-hydrogen) atoms. The van der Waals surface area contributed by atoms with E-state index in [-0.39, 0.29) is 6.10 Å². The largest absolute Gasteiger partial charge is 0.488 e. The van der Waals surface area contributed by atoms with Crippen LogP contribution in [0.3, 0.4) is 0 Å². The summed E-state index contributed by atoms with van der Waals surface area (Å²) in [6.07, 6.45) is 3.61. The second-order valence-electron chi connectivity index (χ2n) is 6.26. The monoisotopic (exact) mass is 380 g/mol. The van der Waals surface area contributed by atoms with E-state index in [1.54, 1.807) is 10.9 Å². The first-order valence-electron chi connectivity index (χ1n) is 8.90. The van der Waals surface area contributed by atoms with Gasteiger partial charge in [-0.3, -0.25) is 5.10 Å². The maximum absolute atomic E-state index is 5.98. The van der Waals surface area contributed by atoms with E-state index in [1.165, 1.54) is 0 Å². The first-order chi connectivity index (χ1) is 13.3. The summed E-state index contributed by atoms with van der Waals surface area (Å²) in [5.74, 6) is 1.47. The molecule has 0 unspecified atom stereocenters. The van der Waals surface area contributed by atoms with Crippen LogP contribution in [0.2, 0.25) is 0 Å². The van der Waals surface area contributed by atoms with E-state index in [0.717, 1.165) is 36.3 Å². The van der Waals surface area contributed by atoms with Gasteiger partial charge in [-0.25, -0.2) is 0 Å². The predicted molar refractivity (Wildman–Crippen MR) is 106 cm³/mol. The molecule has 1 aliphatic rings. The molecule has 0 radical (unpaired) electrons. The van der Waals surface area contributed by atoms with E-state index in [0.29, 0.717) is 17.2 Å². The lowest BCUT2D eigenvalue weighted by Gasteiger charge is -2.10. The maximum atomic E-state index is 5.98. The summed E-state index contributed by atoms with van der Waals surface area (Å²) in [4.78, 5) is 0. The Bertz CT molecular complexity index is 975. The van der Waals surface area contributed by atoms with Crippen molar-refractivity contribution < 1.29 is 9.47 Å². The minimum Gasteiger partial charge on any atom is -0.488 e. The van der Waals surface area contributed by atoms with Crippen molar-refractivity contribution in [1.82, 2.24) is 14.9 Å². The van der Waals surface area contributed by atoms with Crippen LogP contribution < -0.4 is 4.74 Å². The van der Waals surface area contributed by atoms with Crippen LogP contribution in [0.5, 0.6) is 5.75 Å². The van der Waals surface area contributed by atoms with Crippen molar-refractivity contribution in [2.75, 3.05) is 6.61 Å². The number of H-pyrrole nitrogens is 1. The van der Waals surface area contributed by atoms with Gasteiger partial charge in [0.15, 0.2) is 5.82 Å². The number of aromatic amines is 1. The average molecular weight is 380 g/mol. The van der Waals surface area contributed by atoms with Crippen LogP contribution in [0, 0.1) is 4.77 Å². The molecule has 6 nitrogen and oxygen atoms in total. The summed E-state index contributed by atoms with van der Waals surface area (Å²) in [6.45, 7) is 1.24. The molecule has 138 valence electrons. The Morgan fingerprint density at radius 3 is 2.85 bits per heavy atom. The van der Waals surface area contributed by atoms with Gasteiger partial charge in [0.2, 0.25) is 4.77 Å². The summed E-state index contributed by atoms with van der Waals surface area (Å²) in [7, 11) is 0. The number of hydrogen-bond donors (Lipinski definition) is 1. The lowest BCUT2D eigenvalue weighted by molar-refractivity contribution is 0.102. The van der Waals surface area contributed by atoms with E-state index in [4.69, 9.17) is 21.7 Å². The smallest absolute Gasteiger partial charge is 0.216 e. The molecule has 4 rings (SSSR count). The zero-order chi connectivity index (χ0) is 18.5. The Balaban J connectivity index is 1.55. The fraction of sp³-hybridized carbons (Fsp3) is 0.250. The Morgan fingerprint density at radius 1 is 1.22 bits per heavy atom. The lowest BCUT2D eigenvalue weighted by Crippen LogP contribution is -2.05. The molecule has 3 aromatic rings. The van der Waals surface area contributed by atoms with Gasteiger partial charge < -0.3 is 9.47 Å². The van der Waals surface area contributed by atoms with Crippen molar-refractivity contribution in [2.45, 2.75) is 25.6 Å². The number of nitrogens with zero attached hydrogens (tertiary/aromatic N) is 3. The Morgan fingerprint density at radius 2 is 2.04 bits per heavy atom. The van der Waals surface area contributed by atoms with E-state index in [2.05, 4.69) is 15.3 Å². The highest BCUT2D eigenvalue weighted by Crippen LogP contribution is 2.27.